The first-order valence-electron chi connectivity index (χ1n) is 8.12. The van der Waals surface area contributed by atoms with Crippen molar-refractivity contribution < 1.29 is 19.4 Å². The Balaban J connectivity index is 1.95. The van der Waals surface area contributed by atoms with E-state index in [0.29, 0.717) is 11.8 Å². The third kappa shape index (κ3) is 6.22. The molecule has 2 N–H and O–H groups in total. The van der Waals surface area contributed by atoms with Crippen LogP contribution in [0.3, 0.4) is 0 Å². The van der Waals surface area contributed by atoms with Crippen LogP contribution in [0.1, 0.15) is 38.2 Å². The molecule has 1 aromatic carbocycles. The Morgan fingerprint density at radius 2 is 2.20 bits per heavy atom. The van der Waals surface area contributed by atoms with Crippen molar-refractivity contribution >= 4 is 35.0 Å². The maximum absolute atomic E-state index is 11.6. The summed E-state index contributed by atoms with van der Waals surface area (Å²) in [6.45, 7) is 2.79. The van der Waals surface area contributed by atoms with Crippen LogP contribution in [0.4, 0.5) is 0 Å². The van der Waals surface area contributed by atoms with Gasteiger partial charge in [0, 0.05) is 5.56 Å². The summed E-state index contributed by atoms with van der Waals surface area (Å²) >= 11 is 1.07. The third-order valence-corrected chi connectivity index (χ3v) is 4.48. The second-order valence-corrected chi connectivity index (χ2v) is 6.63. The number of ether oxygens (including phenoxy) is 1. The highest BCUT2D eigenvalue weighted by atomic mass is 32.2. The van der Waals surface area contributed by atoms with E-state index in [0.717, 1.165) is 42.3 Å². The Hall–Kier alpha value is -2.35. The van der Waals surface area contributed by atoms with Gasteiger partial charge in [-0.1, -0.05) is 43.7 Å². The van der Waals surface area contributed by atoms with Crippen molar-refractivity contribution in [2.24, 2.45) is 10.2 Å². The number of nitrogens with one attached hydrogen (secondary N) is 1. The number of carbonyl (C=O) groups is 2. The normalized spacial score (nSPS) is 18.7. The van der Waals surface area contributed by atoms with Crippen LogP contribution in [-0.4, -0.2) is 40.2 Å². The molecular weight excluding hydrogens is 342 g/mol. The lowest BCUT2D eigenvalue weighted by Gasteiger charge is -2.07. The average molecular weight is 363 g/mol. The number of para-hydroxylation sites is 1. The van der Waals surface area contributed by atoms with Gasteiger partial charge in [-0.2, -0.15) is 5.10 Å². The zero-order valence-corrected chi connectivity index (χ0v) is 14.8. The van der Waals surface area contributed by atoms with Gasteiger partial charge < -0.3 is 15.2 Å². The number of carboxylic acids is 1. The molecule has 0 aromatic heterocycles. The fourth-order valence-electron chi connectivity index (χ4n) is 2.14. The van der Waals surface area contributed by atoms with Gasteiger partial charge in [0.15, 0.2) is 5.17 Å². The number of aliphatic carboxylic acids is 1. The molecule has 134 valence electrons. The highest BCUT2D eigenvalue weighted by Crippen LogP contribution is 2.22. The number of thioether (sulfide) groups is 1. The van der Waals surface area contributed by atoms with Crippen molar-refractivity contribution in [1.29, 1.82) is 0 Å². The zero-order valence-electron chi connectivity index (χ0n) is 14.0. The Labute approximate surface area is 150 Å². The molecule has 2 rings (SSSR count). The quantitative estimate of drug-likeness (QED) is 0.399. The summed E-state index contributed by atoms with van der Waals surface area (Å²) in [6.07, 6.45) is 4.57. The highest BCUT2D eigenvalue weighted by Gasteiger charge is 2.32. The number of amides is 1. The number of benzene rings is 1. The maximum Gasteiger partial charge on any atom is 0.305 e. The molecule has 1 aliphatic heterocycles. The van der Waals surface area contributed by atoms with Crippen molar-refractivity contribution in [3.63, 3.8) is 0 Å². The lowest BCUT2D eigenvalue weighted by Crippen LogP contribution is -2.26. The van der Waals surface area contributed by atoms with Crippen LogP contribution in [0.2, 0.25) is 0 Å². The molecule has 1 amide bonds. The Bertz CT molecular complexity index is 676. The van der Waals surface area contributed by atoms with Crippen LogP contribution < -0.4 is 10.1 Å². The standard InChI is InChI=1S/C17H21N3O4S/c1-2-3-6-9-24-13-8-5-4-7-12(13)11-18-20-17-19-16(23)14(25-17)10-15(21)22/h4-5,7-8,11,14H,2-3,6,9-10H2,1H3,(H,21,22)(H,19,20,23). The van der Waals surface area contributed by atoms with Crippen molar-refractivity contribution in [2.45, 2.75) is 37.9 Å². The van der Waals surface area contributed by atoms with Gasteiger partial charge in [-0.05, 0) is 18.6 Å². The zero-order chi connectivity index (χ0) is 18.1. The van der Waals surface area contributed by atoms with Gasteiger partial charge in [-0.25, -0.2) is 0 Å². The highest BCUT2D eigenvalue weighted by molar-refractivity contribution is 8.15. The number of carboxylic acid groups (broad SMARTS) is 1. The number of nitrogens with zero attached hydrogens (tertiary/aromatic N) is 2. The summed E-state index contributed by atoms with van der Waals surface area (Å²) in [6, 6.07) is 7.51. The summed E-state index contributed by atoms with van der Waals surface area (Å²) in [7, 11) is 0. The van der Waals surface area contributed by atoms with E-state index in [1.54, 1.807) is 6.21 Å². The second-order valence-electron chi connectivity index (χ2n) is 5.44. The van der Waals surface area contributed by atoms with Crippen molar-refractivity contribution in [3.8, 4) is 5.75 Å². The van der Waals surface area contributed by atoms with E-state index < -0.39 is 11.2 Å². The monoisotopic (exact) mass is 363 g/mol. The van der Waals surface area contributed by atoms with Crippen LogP contribution in [0.5, 0.6) is 5.75 Å². The fraction of sp³-hybridized carbons (Fsp3) is 0.412. The summed E-state index contributed by atoms with van der Waals surface area (Å²) < 4.78 is 5.76. The summed E-state index contributed by atoms with van der Waals surface area (Å²) in [4.78, 5) is 22.3. The molecule has 7 nitrogen and oxygen atoms in total. The minimum absolute atomic E-state index is 0.242. The molecule has 1 aromatic rings. The first-order chi connectivity index (χ1) is 12.1. The van der Waals surface area contributed by atoms with Crippen LogP contribution in [-0.2, 0) is 9.59 Å². The molecule has 0 saturated carbocycles. The number of unbranched alkanes of at least 4 members (excludes halogenated alkanes) is 2. The van der Waals surface area contributed by atoms with Gasteiger partial charge in [0.05, 0.1) is 19.2 Å². The predicted molar refractivity (Wildman–Crippen MR) is 98.3 cm³/mol. The largest absolute Gasteiger partial charge is 0.493 e. The molecule has 0 radical (unpaired) electrons. The summed E-state index contributed by atoms with van der Waals surface area (Å²) in [5.41, 5.74) is 0.791. The van der Waals surface area contributed by atoms with Crippen LogP contribution in [0, 0.1) is 0 Å². The molecule has 1 saturated heterocycles. The van der Waals surface area contributed by atoms with Gasteiger partial charge >= 0.3 is 5.97 Å². The smallest absolute Gasteiger partial charge is 0.305 e. The van der Waals surface area contributed by atoms with E-state index in [2.05, 4.69) is 22.4 Å². The number of hydrogen-bond donors (Lipinski definition) is 2. The molecule has 0 aliphatic carbocycles. The minimum Gasteiger partial charge on any atom is -0.493 e. The van der Waals surface area contributed by atoms with Gasteiger partial charge in [0.1, 0.15) is 11.0 Å². The van der Waals surface area contributed by atoms with Crippen molar-refractivity contribution in [3.05, 3.63) is 29.8 Å². The molecule has 0 spiro atoms. The van der Waals surface area contributed by atoms with Gasteiger partial charge in [-0.3, -0.25) is 9.59 Å². The summed E-state index contributed by atoms with van der Waals surface area (Å²) in [5.74, 6) is -0.651. The minimum atomic E-state index is -1.02. The van der Waals surface area contributed by atoms with E-state index in [9.17, 15) is 9.59 Å². The fourth-order valence-corrected chi connectivity index (χ4v) is 3.06. The molecule has 25 heavy (non-hydrogen) atoms. The van der Waals surface area contributed by atoms with Crippen LogP contribution >= 0.6 is 11.8 Å². The third-order valence-electron chi connectivity index (χ3n) is 3.41. The molecule has 1 fully saturated rings. The number of hydrogen-bond acceptors (Lipinski definition) is 6. The van der Waals surface area contributed by atoms with Gasteiger partial charge in [-0.15, -0.1) is 5.10 Å². The molecule has 0 bridgehead atoms. The predicted octanol–water partition coefficient (Wildman–Crippen LogP) is 2.65. The van der Waals surface area contributed by atoms with E-state index >= 15 is 0 Å². The van der Waals surface area contributed by atoms with Crippen LogP contribution in [0.15, 0.2) is 34.5 Å². The van der Waals surface area contributed by atoms with Crippen molar-refractivity contribution in [1.82, 2.24) is 5.32 Å². The number of carbonyl (C=O) groups excluding carboxylic acids is 1. The lowest BCUT2D eigenvalue weighted by molar-refractivity contribution is -0.138. The second kappa shape index (κ2) is 9.83. The molecular formula is C17H21N3O4S. The average Bonchev–Trinajstić information content (AvgIpc) is 2.92. The molecule has 1 unspecified atom stereocenters. The lowest BCUT2D eigenvalue weighted by atomic mass is 10.2. The SMILES string of the molecule is CCCCCOc1ccccc1C=NN=C1NC(=O)C(CC(=O)O)S1. The molecule has 1 heterocycles. The van der Waals surface area contributed by atoms with E-state index in [1.165, 1.54) is 0 Å². The van der Waals surface area contributed by atoms with Crippen molar-refractivity contribution in [2.75, 3.05) is 6.61 Å². The van der Waals surface area contributed by atoms with Crippen LogP contribution in [0.25, 0.3) is 0 Å². The van der Waals surface area contributed by atoms with E-state index in [1.807, 2.05) is 24.3 Å². The first kappa shape index (κ1) is 19.0. The maximum atomic E-state index is 11.6. The molecule has 8 heteroatoms. The Morgan fingerprint density at radius 3 is 2.96 bits per heavy atom. The number of rotatable bonds is 9. The van der Waals surface area contributed by atoms with E-state index in [4.69, 9.17) is 9.84 Å². The Kier molecular flexibility index (Phi) is 7.46. The molecule has 1 aliphatic rings. The van der Waals surface area contributed by atoms with Gasteiger partial charge in [0.25, 0.3) is 0 Å². The van der Waals surface area contributed by atoms with E-state index in [-0.39, 0.29) is 12.3 Å². The topological polar surface area (TPSA) is 100 Å². The molecule has 1 atom stereocenters. The van der Waals surface area contributed by atoms with Gasteiger partial charge in [0.2, 0.25) is 5.91 Å². The Morgan fingerprint density at radius 1 is 1.40 bits per heavy atom. The summed E-state index contributed by atoms with van der Waals surface area (Å²) in [5, 5.41) is 18.8. The number of amidine groups is 1. The first-order valence-corrected chi connectivity index (χ1v) is 9.00.